The molecule has 1 aromatic carbocycles. The number of ether oxygens (including phenoxy) is 1. The molecule has 0 aliphatic heterocycles. The molecule has 6 heteroatoms. The molecule has 1 fully saturated rings. The van der Waals surface area contributed by atoms with Crippen LogP contribution in [0.2, 0.25) is 0 Å². The van der Waals surface area contributed by atoms with Gasteiger partial charge in [0.25, 0.3) is 5.91 Å². The van der Waals surface area contributed by atoms with Gasteiger partial charge in [0.05, 0.1) is 5.97 Å². The topological polar surface area (TPSA) is 102 Å². The molecule has 1 N–H and O–H groups in total. The highest BCUT2D eigenvalue weighted by Crippen LogP contribution is 2.22. The molecule has 0 aromatic heterocycles. The van der Waals surface area contributed by atoms with E-state index in [0.717, 1.165) is 25.7 Å². The Kier molecular flexibility index (Phi) is 6.38. The molecular weight excluding hydrogens is 308 g/mol. The number of carboxylic acid groups (broad SMARTS) is 1. The maximum absolute atomic E-state index is 12.3. The fourth-order valence-electron chi connectivity index (χ4n) is 2.68. The first kappa shape index (κ1) is 17.5. The second-order valence-corrected chi connectivity index (χ2v) is 5.68. The highest BCUT2D eigenvalue weighted by atomic mass is 16.5. The summed E-state index contributed by atoms with van der Waals surface area (Å²) in [7, 11) is 0. The Morgan fingerprint density at radius 2 is 2.00 bits per heavy atom. The Morgan fingerprint density at radius 1 is 1.29 bits per heavy atom. The number of para-hydroxylation sites is 1. The van der Waals surface area contributed by atoms with Gasteiger partial charge < -0.3 is 20.0 Å². The first-order chi connectivity index (χ1) is 11.6. The van der Waals surface area contributed by atoms with Crippen molar-refractivity contribution in [3.05, 3.63) is 35.4 Å². The largest absolute Gasteiger partial charge is 0.546 e. The lowest BCUT2D eigenvalue weighted by molar-refractivity contribution is -0.307. The van der Waals surface area contributed by atoms with Crippen molar-refractivity contribution in [1.29, 1.82) is 5.26 Å². The van der Waals surface area contributed by atoms with Crippen LogP contribution in [0, 0.1) is 11.3 Å². The minimum atomic E-state index is -1.34. The lowest BCUT2D eigenvalue weighted by Crippen LogP contribution is -2.36. The molecule has 0 unspecified atom stereocenters. The molecular formula is C18H19N2O4-. The summed E-state index contributed by atoms with van der Waals surface area (Å²) < 4.78 is 5.13. The summed E-state index contributed by atoms with van der Waals surface area (Å²) in [5.41, 5.74) is 0.430. The molecule has 0 radical (unpaired) electrons. The summed E-state index contributed by atoms with van der Waals surface area (Å²) in [6, 6.07) is 8.61. The molecule has 0 bridgehead atoms. The van der Waals surface area contributed by atoms with E-state index in [-0.39, 0.29) is 17.4 Å². The number of nitrogens with zero attached hydrogens (tertiary/aromatic N) is 1. The monoisotopic (exact) mass is 327 g/mol. The summed E-state index contributed by atoms with van der Waals surface area (Å²) >= 11 is 0. The molecule has 1 aromatic rings. The van der Waals surface area contributed by atoms with Crippen LogP contribution in [-0.2, 0) is 9.59 Å². The lowest BCUT2D eigenvalue weighted by atomic mass is 9.95. The number of benzene rings is 1. The Morgan fingerprint density at radius 3 is 2.67 bits per heavy atom. The highest BCUT2D eigenvalue weighted by molar-refractivity contribution is 6.02. The third kappa shape index (κ3) is 5.13. The van der Waals surface area contributed by atoms with Gasteiger partial charge in [-0.1, -0.05) is 37.5 Å². The summed E-state index contributed by atoms with van der Waals surface area (Å²) in [4.78, 5) is 22.8. The van der Waals surface area contributed by atoms with E-state index in [1.165, 1.54) is 12.5 Å². The Hall–Kier alpha value is -2.81. The fraction of sp³-hybridized carbons (Fsp3) is 0.389. The van der Waals surface area contributed by atoms with Gasteiger partial charge in [-0.05, 0) is 25.0 Å². The molecule has 0 atom stereocenters. The maximum Gasteiger partial charge on any atom is 0.262 e. The smallest absolute Gasteiger partial charge is 0.262 e. The van der Waals surface area contributed by atoms with Crippen molar-refractivity contribution in [1.82, 2.24) is 5.32 Å². The number of hydrogen-bond acceptors (Lipinski definition) is 5. The van der Waals surface area contributed by atoms with Gasteiger partial charge in [0.15, 0.2) is 0 Å². The van der Waals surface area contributed by atoms with E-state index in [1.54, 1.807) is 24.3 Å². The van der Waals surface area contributed by atoms with Crippen LogP contribution >= 0.6 is 0 Å². The average molecular weight is 327 g/mol. The maximum atomic E-state index is 12.3. The van der Waals surface area contributed by atoms with Crippen molar-refractivity contribution in [2.45, 2.75) is 38.1 Å². The van der Waals surface area contributed by atoms with Gasteiger partial charge in [-0.15, -0.1) is 0 Å². The SMILES string of the molecule is N#C/C(=C\c1ccccc1OCC(=O)[O-])C(=O)NC1CCCCC1. The van der Waals surface area contributed by atoms with E-state index in [9.17, 15) is 20.0 Å². The van der Waals surface area contributed by atoms with Gasteiger partial charge in [-0.25, -0.2) is 0 Å². The van der Waals surface area contributed by atoms with Gasteiger partial charge in [0.1, 0.15) is 24.0 Å². The van der Waals surface area contributed by atoms with Gasteiger partial charge in [0.2, 0.25) is 0 Å². The molecule has 0 heterocycles. The number of aliphatic carboxylic acids is 1. The average Bonchev–Trinajstić information content (AvgIpc) is 2.59. The van der Waals surface area contributed by atoms with Gasteiger partial charge in [0, 0.05) is 11.6 Å². The molecule has 1 aliphatic carbocycles. The number of nitriles is 1. The van der Waals surface area contributed by atoms with Crippen LogP contribution in [-0.4, -0.2) is 24.5 Å². The van der Waals surface area contributed by atoms with Crippen molar-refractivity contribution in [3.8, 4) is 11.8 Å². The van der Waals surface area contributed by atoms with Gasteiger partial charge >= 0.3 is 0 Å². The van der Waals surface area contributed by atoms with E-state index in [0.29, 0.717) is 5.56 Å². The number of amides is 1. The zero-order chi connectivity index (χ0) is 17.4. The molecule has 0 saturated heterocycles. The Bertz CT molecular complexity index is 670. The molecule has 126 valence electrons. The summed E-state index contributed by atoms with van der Waals surface area (Å²) in [5, 5.41) is 22.7. The second kappa shape index (κ2) is 8.73. The third-order valence-corrected chi connectivity index (χ3v) is 3.87. The minimum absolute atomic E-state index is 0.0370. The predicted molar refractivity (Wildman–Crippen MR) is 85.5 cm³/mol. The summed E-state index contributed by atoms with van der Waals surface area (Å²) in [6.07, 6.45) is 6.59. The van der Waals surface area contributed by atoms with E-state index in [2.05, 4.69) is 5.32 Å². The molecule has 0 spiro atoms. The lowest BCUT2D eigenvalue weighted by Gasteiger charge is -2.22. The predicted octanol–water partition coefficient (Wildman–Crippen LogP) is 1.17. The molecule has 1 amide bonds. The number of carboxylic acids is 1. The molecule has 2 rings (SSSR count). The quantitative estimate of drug-likeness (QED) is 0.624. The fourth-order valence-corrected chi connectivity index (χ4v) is 2.68. The first-order valence-electron chi connectivity index (χ1n) is 7.94. The van der Waals surface area contributed by atoms with Crippen molar-refractivity contribution < 1.29 is 19.4 Å². The minimum Gasteiger partial charge on any atom is -0.546 e. The van der Waals surface area contributed by atoms with E-state index >= 15 is 0 Å². The molecule has 1 saturated carbocycles. The van der Waals surface area contributed by atoms with Crippen molar-refractivity contribution in [2.24, 2.45) is 0 Å². The van der Waals surface area contributed by atoms with Crippen molar-refractivity contribution in [3.63, 3.8) is 0 Å². The zero-order valence-corrected chi connectivity index (χ0v) is 13.3. The van der Waals surface area contributed by atoms with Crippen molar-refractivity contribution >= 4 is 18.0 Å². The number of carbonyl (C=O) groups excluding carboxylic acids is 2. The molecule has 6 nitrogen and oxygen atoms in total. The number of rotatable bonds is 6. The molecule has 1 aliphatic rings. The van der Waals surface area contributed by atoms with Crippen molar-refractivity contribution in [2.75, 3.05) is 6.61 Å². The summed E-state index contributed by atoms with van der Waals surface area (Å²) in [5.74, 6) is -1.48. The van der Waals surface area contributed by atoms with Crippen LogP contribution in [0.4, 0.5) is 0 Å². The number of carbonyl (C=O) groups is 2. The molecule has 24 heavy (non-hydrogen) atoms. The Balaban J connectivity index is 2.13. The van der Waals surface area contributed by atoms with E-state index in [1.807, 2.05) is 6.07 Å². The van der Waals surface area contributed by atoms with Crippen LogP contribution in [0.15, 0.2) is 29.8 Å². The van der Waals surface area contributed by atoms with Gasteiger partial charge in [-0.3, -0.25) is 4.79 Å². The zero-order valence-electron chi connectivity index (χ0n) is 13.3. The van der Waals surface area contributed by atoms with E-state index < -0.39 is 18.5 Å². The first-order valence-corrected chi connectivity index (χ1v) is 7.94. The third-order valence-electron chi connectivity index (χ3n) is 3.87. The normalized spacial score (nSPS) is 15.4. The number of hydrogen-bond donors (Lipinski definition) is 1. The van der Waals surface area contributed by atoms with Crippen LogP contribution in [0.25, 0.3) is 6.08 Å². The summed E-state index contributed by atoms with van der Waals surface area (Å²) in [6.45, 7) is -0.596. The second-order valence-electron chi connectivity index (χ2n) is 5.68. The van der Waals surface area contributed by atoms with E-state index in [4.69, 9.17) is 4.74 Å². The van der Waals surface area contributed by atoms with Crippen LogP contribution < -0.4 is 15.2 Å². The van der Waals surface area contributed by atoms with Gasteiger partial charge in [-0.2, -0.15) is 5.26 Å². The standard InChI is InChI=1S/C18H20N2O4/c19-11-14(18(23)20-15-7-2-1-3-8-15)10-13-6-4-5-9-16(13)24-12-17(21)22/h4-6,9-10,15H,1-3,7-8,12H2,(H,20,23)(H,21,22)/p-1/b14-10+. The van der Waals surface area contributed by atoms with Crippen LogP contribution in [0.1, 0.15) is 37.7 Å². The number of nitrogens with one attached hydrogen (secondary N) is 1. The highest BCUT2D eigenvalue weighted by Gasteiger charge is 2.18. The Labute approximate surface area is 140 Å². The van der Waals surface area contributed by atoms with Crippen LogP contribution in [0.5, 0.6) is 5.75 Å². The van der Waals surface area contributed by atoms with Crippen LogP contribution in [0.3, 0.4) is 0 Å².